The van der Waals surface area contributed by atoms with Crippen molar-refractivity contribution in [2.45, 2.75) is 5.92 Å². The number of rotatable bonds is 4. The van der Waals surface area contributed by atoms with Gasteiger partial charge in [-0.2, -0.15) is 8.78 Å². The summed E-state index contributed by atoms with van der Waals surface area (Å²) >= 11 is 5.84. The van der Waals surface area contributed by atoms with Gasteiger partial charge in [-0.3, -0.25) is 0 Å². The minimum Gasteiger partial charge on any atom is -0.546 e. The molecular formula is C14H9ClF2NO3-. The highest BCUT2D eigenvalue weighted by atomic mass is 35.5. The van der Waals surface area contributed by atoms with Gasteiger partial charge in [0.2, 0.25) is 0 Å². The number of aromatic nitrogens is 1. The Balaban J connectivity index is 2.30. The van der Waals surface area contributed by atoms with Crippen molar-refractivity contribution in [3.8, 4) is 0 Å². The lowest BCUT2D eigenvalue weighted by Gasteiger charge is -2.14. The topological polar surface area (TPSA) is 62.2 Å². The van der Waals surface area contributed by atoms with Crippen molar-refractivity contribution in [1.29, 1.82) is 0 Å². The van der Waals surface area contributed by atoms with Crippen LogP contribution in [0.1, 0.15) is 5.69 Å². The molecule has 110 valence electrons. The quantitative estimate of drug-likeness (QED) is 0.643. The van der Waals surface area contributed by atoms with E-state index in [1.54, 1.807) is 24.3 Å². The highest BCUT2D eigenvalue weighted by molar-refractivity contribution is 6.32. The molecule has 0 amide bonds. The Bertz CT molecular complexity index is 704. The zero-order valence-electron chi connectivity index (χ0n) is 10.6. The fraction of sp³-hybridized carbons (Fsp3) is 0.143. The van der Waals surface area contributed by atoms with Gasteiger partial charge in [0, 0.05) is 12.0 Å². The number of ether oxygens (including phenoxy) is 1. The number of para-hydroxylation sites is 1. The number of benzene rings is 1. The number of halogens is 3. The van der Waals surface area contributed by atoms with E-state index in [0.717, 1.165) is 6.08 Å². The summed E-state index contributed by atoms with van der Waals surface area (Å²) in [6.07, 6.45) is -0.438. The van der Waals surface area contributed by atoms with E-state index in [2.05, 4.69) is 9.72 Å². The van der Waals surface area contributed by atoms with Crippen LogP contribution in [0.2, 0.25) is 5.02 Å². The van der Waals surface area contributed by atoms with Gasteiger partial charge in [0.25, 0.3) is 6.16 Å². The Kier molecular flexibility index (Phi) is 4.37. The molecule has 0 spiro atoms. The molecule has 0 fully saturated rings. The summed E-state index contributed by atoms with van der Waals surface area (Å²) < 4.78 is 32.0. The maximum absolute atomic E-state index is 14.0. The zero-order valence-corrected chi connectivity index (χ0v) is 11.3. The van der Waals surface area contributed by atoms with Gasteiger partial charge in [-0.25, -0.2) is 4.98 Å². The lowest BCUT2D eigenvalue weighted by atomic mass is 10.1. The summed E-state index contributed by atoms with van der Waals surface area (Å²) in [5, 5.41) is 10.5. The largest absolute Gasteiger partial charge is 0.546 e. The molecule has 4 nitrogen and oxygen atoms in total. The molecule has 0 radical (unpaired) electrons. The van der Waals surface area contributed by atoms with Gasteiger partial charge >= 0.3 is 5.92 Å². The Morgan fingerprint density at radius 3 is 2.86 bits per heavy atom. The second-order valence-corrected chi connectivity index (χ2v) is 4.51. The first kappa shape index (κ1) is 15.2. The van der Waals surface area contributed by atoms with Gasteiger partial charge in [-0.15, -0.1) is 0 Å². The minimum absolute atomic E-state index is 0.177. The minimum atomic E-state index is -3.45. The summed E-state index contributed by atoms with van der Waals surface area (Å²) in [7, 11) is 0. The van der Waals surface area contributed by atoms with Gasteiger partial charge in [-0.1, -0.05) is 35.9 Å². The number of nitrogens with zero attached hydrogens (tertiary/aromatic N) is 1. The molecule has 1 aromatic heterocycles. The molecule has 2 aromatic rings. The third-order valence-electron chi connectivity index (χ3n) is 2.62. The normalized spacial score (nSPS) is 12.0. The smallest absolute Gasteiger partial charge is 0.309 e. The fourth-order valence-corrected chi connectivity index (χ4v) is 2.00. The predicted octanol–water partition coefficient (Wildman–Crippen LogP) is 2.90. The van der Waals surface area contributed by atoms with E-state index >= 15 is 0 Å². The summed E-state index contributed by atoms with van der Waals surface area (Å²) in [6.45, 7) is -0.539. The number of carbonyl (C=O) groups excluding carboxylic acids is 1. The fourth-order valence-electron chi connectivity index (χ4n) is 1.72. The number of allylic oxidation sites excluding steroid dienone is 1. The summed E-state index contributed by atoms with van der Waals surface area (Å²) in [4.78, 5) is 13.9. The van der Waals surface area contributed by atoms with Gasteiger partial charge in [0.05, 0.1) is 10.5 Å². The maximum Gasteiger partial charge on any atom is 0.309 e. The lowest BCUT2D eigenvalue weighted by Crippen LogP contribution is -2.23. The molecule has 2 rings (SSSR count). The number of fused-ring (bicyclic) bond motifs is 1. The van der Waals surface area contributed by atoms with Crippen LogP contribution in [-0.2, 0) is 10.7 Å². The monoisotopic (exact) mass is 312 g/mol. The van der Waals surface area contributed by atoms with E-state index in [1.165, 1.54) is 6.07 Å². The predicted molar refractivity (Wildman–Crippen MR) is 71.1 cm³/mol. The van der Waals surface area contributed by atoms with E-state index < -0.39 is 24.4 Å². The first-order chi connectivity index (χ1) is 9.90. The summed E-state index contributed by atoms with van der Waals surface area (Å²) in [5.41, 5.74) is -0.219. The van der Waals surface area contributed by atoms with Crippen LogP contribution in [0.15, 0.2) is 42.5 Å². The first-order valence-corrected chi connectivity index (χ1v) is 6.23. The summed E-state index contributed by atoms with van der Waals surface area (Å²) in [5.74, 6) is -3.45. The van der Waals surface area contributed by atoms with Crippen LogP contribution in [0.4, 0.5) is 13.6 Å². The standard InChI is InChI=1S/C14H10ClF2NO3/c15-10-8-9-4-1-2-5-11(9)18-12(10)14(16,17)6-3-7-21-13(19)20/h1-6,8H,7H2,(H,19,20)/p-1/b6-3+. The van der Waals surface area contributed by atoms with Gasteiger partial charge in [0.15, 0.2) is 0 Å². The molecule has 0 bridgehead atoms. The van der Waals surface area contributed by atoms with Crippen LogP contribution in [0.5, 0.6) is 0 Å². The van der Waals surface area contributed by atoms with Gasteiger partial charge in [-0.05, 0) is 18.2 Å². The molecule has 0 saturated carbocycles. The van der Waals surface area contributed by atoms with Crippen LogP contribution in [0, 0.1) is 0 Å². The molecular weight excluding hydrogens is 304 g/mol. The van der Waals surface area contributed by atoms with Crippen molar-refractivity contribution in [2.24, 2.45) is 0 Å². The van der Waals surface area contributed by atoms with E-state index in [1.807, 2.05) is 0 Å². The zero-order chi connectivity index (χ0) is 15.5. The highest BCUT2D eigenvalue weighted by Crippen LogP contribution is 2.34. The van der Waals surface area contributed by atoms with Crippen molar-refractivity contribution in [3.63, 3.8) is 0 Å². The van der Waals surface area contributed by atoms with E-state index in [0.29, 0.717) is 17.0 Å². The SMILES string of the molecule is O=C([O-])OC/C=C/C(F)(F)c1nc2ccccc2cc1Cl. The van der Waals surface area contributed by atoms with Crippen LogP contribution in [0.25, 0.3) is 10.9 Å². The molecule has 0 aliphatic heterocycles. The Morgan fingerprint density at radius 2 is 2.14 bits per heavy atom. The molecule has 0 N–H and O–H groups in total. The molecule has 0 aliphatic carbocycles. The van der Waals surface area contributed by atoms with Gasteiger partial charge in [0.1, 0.15) is 5.69 Å². The Labute approximate surface area is 123 Å². The second-order valence-electron chi connectivity index (χ2n) is 4.10. The number of hydrogen-bond donors (Lipinski definition) is 0. The summed E-state index contributed by atoms with van der Waals surface area (Å²) in [6, 6.07) is 8.12. The third-order valence-corrected chi connectivity index (χ3v) is 2.91. The average molecular weight is 313 g/mol. The number of carboxylic acid groups (broad SMARTS) is 1. The lowest BCUT2D eigenvalue weighted by molar-refractivity contribution is -0.281. The molecule has 0 atom stereocenters. The molecule has 1 aromatic carbocycles. The van der Waals surface area contributed by atoms with E-state index in [4.69, 9.17) is 11.6 Å². The Hall–Kier alpha value is -2.21. The molecule has 0 unspecified atom stereocenters. The Morgan fingerprint density at radius 1 is 1.43 bits per heavy atom. The molecule has 7 heteroatoms. The van der Waals surface area contributed by atoms with E-state index in [-0.39, 0.29) is 5.02 Å². The third kappa shape index (κ3) is 3.66. The number of pyridine rings is 1. The first-order valence-electron chi connectivity index (χ1n) is 5.85. The molecule has 21 heavy (non-hydrogen) atoms. The molecule has 1 heterocycles. The number of hydrogen-bond acceptors (Lipinski definition) is 4. The highest BCUT2D eigenvalue weighted by Gasteiger charge is 2.32. The average Bonchev–Trinajstić information content (AvgIpc) is 2.42. The van der Waals surface area contributed by atoms with Crippen LogP contribution >= 0.6 is 11.6 Å². The van der Waals surface area contributed by atoms with Crippen molar-refractivity contribution >= 4 is 28.7 Å². The van der Waals surface area contributed by atoms with Crippen LogP contribution in [0.3, 0.4) is 0 Å². The van der Waals surface area contributed by atoms with Crippen LogP contribution < -0.4 is 5.11 Å². The maximum atomic E-state index is 14.0. The van der Waals surface area contributed by atoms with Crippen LogP contribution in [-0.4, -0.2) is 17.7 Å². The van der Waals surface area contributed by atoms with Crippen molar-refractivity contribution < 1.29 is 23.4 Å². The van der Waals surface area contributed by atoms with Gasteiger partial charge < -0.3 is 14.6 Å². The molecule has 0 saturated heterocycles. The van der Waals surface area contributed by atoms with Crippen molar-refractivity contribution in [2.75, 3.05) is 6.61 Å². The van der Waals surface area contributed by atoms with Crippen molar-refractivity contribution in [3.05, 3.63) is 53.2 Å². The number of carbonyl (C=O) groups is 1. The molecule has 0 aliphatic rings. The number of alkyl halides is 2. The second kappa shape index (κ2) is 6.05. The van der Waals surface area contributed by atoms with Crippen molar-refractivity contribution in [1.82, 2.24) is 4.98 Å². The van der Waals surface area contributed by atoms with E-state index in [9.17, 15) is 18.7 Å².